The average molecular weight is 348 g/mol. The first-order valence-electron chi connectivity index (χ1n) is 9.74. The topological polar surface area (TPSA) is 20.3 Å². The van der Waals surface area contributed by atoms with E-state index >= 15 is 0 Å². The predicted molar refractivity (Wildman–Crippen MR) is 110 cm³/mol. The van der Waals surface area contributed by atoms with E-state index in [1.54, 1.807) is 0 Å². The smallest absolute Gasteiger partial charge is 0.222 e. The summed E-state index contributed by atoms with van der Waals surface area (Å²) in [5, 5.41) is 0. The van der Waals surface area contributed by atoms with Gasteiger partial charge in [-0.3, -0.25) is 4.79 Å². The van der Waals surface area contributed by atoms with E-state index in [4.69, 9.17) is 0 Å². The van der Waals surface area contributed by atoms with Gasteiger partial charge in [-0.05, 0) is 67.3 Å². The Hall–Kier alpha value is -2.35. The lowest BCUT2D eigenvalue weighted by molar-refractivity contribution is -0.132. The van der Waals surface area contributed by atoms with Crippen molar-refractivity contribution in [2.75, 3.05) is 13.1 Å². The van der Waals surface area contributed by atoms with E-state index in [2.05, 4.69) is 68.5 Å². The quantitative estimate of drug-likeness (QED) is 0.661. The van der Waals surface area contributed by atoms with Crippen molar-refractivity contribution in [1.82, 2.24) is 4.90 Å². The molecule has 136 valence electrons. The van der Waals surface area contributed by atoms with E-state index in [0.717, 1.165) is 32.4 Å². The van der Waals surface area contributed by atoms with E-state index in [1.165, 1.54) is 34.2 Å². The predicted octanol–water partition coefficient (Wildman–Crippen LogP) is 5.42. The Balaban J connectivity index is 1.63. The molecule has 1 fully saturated rings. The highest BCUT2D eigenvalue weighted by molar-refractivity contribution is 5.76. The number of hydrogen-bond donors (Lipinski definition) is 0. The highest BCUT2D eigenvalue weighted by Gasteiger charge is 2.15. The Labute approximate surface area is 157 Å². The number of rotatable bonds is 5. The van der Waals surface area contributed by atoms with E-state index in [0.29, 0.717) is 12.3 Å². The average Bonchev–Trinajstić information content (AvgIpc) is 2.67. The molecule has 2 heteroatoms. The molecule has 0 saturated carbocycles. The van der Waals surface area contributed by atoms with Crippen LogP contribution < -0.4 is 0 Å². The molecule has 26 heavy (non-hydrogen) atoms. The second-order valence-electron chi connectivity index (χ2n) is 7.33. The van der Waals surface area contributed by atoms with Gasteiger partial charge in [-0.1, -0.05) is 54.6 Å². The van der Waals surface area contributed by atoms with Crippen LogP contribution in [0.2, 0.25) is 0 Å². The lowest BCUT2D eigenvalue weighted by atomic mass is 10.0. The molecule has 1 saturated heterocycles. The van der Waals surface area contributed by atoms with Crippen molar-refractivity contribution in [3.8, 4) is 0 Å². The van der Waals surface area contributed by atoms with Crippen molar-refractivity contribution in [1.29, 1.82) is 0 Å². The maximum absolute atomic E-state index is 12.4. The third-order valence-electron chi connectivity index (χ3n) is 5.27. The number of carbonyl (C=O) groups excluding carboxylic acids is 1. The summed E-state index contributed by atoms with van der Waals surface area (Å²) in [7, 11) is 0. The van der Waals surface area contributed by atoms with Crippen LogP contribution in [0.5, 0.6) is 0 Å². The molecule has 0 bridgehead atoms. The van der Waals surface area contributed by atoms with Gasteiger partial charge in [-0.2, -0.15) is 0 Å². The number of aryl methyl sites for hydroxylation is 3. The molecule has 2 aromatic rings. The van der Waals surface area contributed by atoms with Gasteiger partial charge in [0, 0.05) is 19.5 Å². The summed E-state index contributed by atoms with van der Waals surface area (Å²) in [6.45, 7) is 6.18. The second kappa shape index (κ2) is 8.84. The van der Waals surface area contributed by atoms with E-state index in [1.807, 2.05) is 4.90 Å². The number of nitrogens with zero attached hydrogens (tertiary/aromatic N) is 1. The highest BCUT2D eigenvalue weighted by Crippen LogP contribution is 2.18. The molecule has 1 heterocycles. The molecular weight excluding hydrogens is 318 g/mol. The normalized spacial score (nSPS) is 14.8. The second-order valence-corrected chi connectivity index (χ2v) is 7.33. The zero-order valence-electron chi connectivity index (χ0n) is 16.0. The summed E-state index contributed by atoms with van der Waals surface area (Å²) >= 11 is 0. The van der Waals surface area contributed by atoms with Gasteiger partial charge in [0.05, 0.1) is 0 Å². The first-order valence-corrected chi connectivity index (χ1v) is 9.74. The summed E-state index contributed by atoms with van der Waals surface area (Å²) in [4.78, 5) is 14.4. The van der Waals surface area contributed by atoms with Gasteiger partial charge in [-0.25, -0.2) is 0 Å². The first-order chi connectivity index (χ1) is 12.6. The van der Waals surface area contributed by atoms with Gasteiger partial charge in [0.15, 0.2) is 0 Å². The van der Waals surface area contributed by atoms with Crippen LogP contribution in [0, 0.1) is 13.8 Å². The van der Waals surface area contributed by atoms with E-state index in [-0.39, 0.29) is 0 Å². The Kier molecular flexibility index (Phi) is 6.27. The standard InChI is InChI=1S/C24H29NO/c1-19-8-6-9-20(2)23(19)14-12-21-10-7-11-22(18-21)13-15-24(26)25-16-4-3-5-17-25/h6-12,14,18H,3-5,13,15-17H2,1-2H3/b14-12+. The molecule has 0 radical (unpaired) electrons. The largest absolute Gasteiger partial charge is 0.343 e. The molecular formula is C24H29NO. The minimum atomic E-state index is 0.307. The maximum atomic E-state index is 12.4. The minimum absolute atomic E-state index is 0.307. The maximum Gasteiger partial charge on any atom is 0.222 e. The molecule has 1 amide bonds. The van der Waals surface area contributed by atoms with Crippen LogP contribution in [-0.4, -0.2) is 23.9 Å². The fourth-order valence-electron chi connectivity index (χ4n) is 3.67. The van der Waals surface area contributed by atoms with Gasteiger partial charge in [0.2, 0.25) is 5.91 Å². The van der Waals surface area contributed by atoms with Crippen LogP contribution in [-0.2, 0) is 11.2 Å². The third-order valence-corrected chi connectivity index (χ3v) is 5.27. The Morgan fingerprint density at radius 2 is 1.65 bits per heavy atom. The number of carbonyl (C=O) groups is 1. The lowest BCUT2D eigenvalue weighted by Crippen LogP contribution is -2.35. The number of piperidine rings is 1. The van der Waals surface area contributed by atoms with Crippen molar-refractivity contribution < 1.29 is 4.79 Å². The van der Waals surface area contributed by atoms with E-state index < -0.39 is 0 Å². The highest BCUT2D eigenvalue weighted by atomic mass is 16.2. The fraction of sp³-hybridized carbons (Fsp3) is 0.375. The molecule has 0 unspecified atom stereocenters. The van der Waals surface area contributed by atoms with Gasteiger partial charge in [-0.15, -0.1) is 0 Å². The molecule has 0 aromatic heterocycles. The van der Waals surface area contributed by atoms with Crippen molar-refractivity contribution in [3.05, 3.63) is 70.3 Å². The molecule has 0 aliphatic carbocycles. The van der Waals surface area contributed by atoms with Crippen LogP contribution in [0.3, 0.4) is 0 Å². The van der Waals surface area contributed by atoms with Crippen molar-refractivity contribution >= 4 is 18.1 Å². The lowest BCUT2D eigenvalue weighted by Gasteiger charge is -2.26. The monoisotopic (exact) mass is 347 g/mol. The van der Waals surface area contributed by atoms with Crippen LogP contribution in [0.4, 0.5) is 0 Å². The summed E-state index contributed by atoms with van der Waals surface area (Å²) in [5.74, 6) is 0.307. The zero-order chi connectivity index (χ0) is 18.4. The van der Waals surface area contributed by atoms with Crippen LogP contribution in [0.25, 0.3) is 12.2 Å². The number of likely N-dealkylation sites (tertiary alicyclic amines) is 1. The minimum Gasteiger partial charge on any atom is -0.343 e. The van der Waals surface area contributed by atoms with Crippen LogP contribution >= 0.6 is 0 Å². The van der Waals surface area contributed by atoms with Crippen LogP contribution in [0.15, 0.2) is 42.5 Å². The van der Waals surface area contributed by atoms with Gasteiger partial charge >= 0.3 is 0 Å². The molecule has 0 atom stereocenters. The number of hydrogen-bond acceptors (Lipinski definition) is 1. The third kappa shape index (κ3) is 4.85. The Bertz CT molecular complexity index is 764. The van der Waals surface area contributed by atoms with Crippen molar-refractivity contribution in [2.24, 2.45) is 0 Å². The van der Waals surface area contributed by atoms with Gasteiger partial charge < -0.3 is 4.90 Å². The van der Waals surface area contributed by atoms with Crippen molar-refractivity contribution in [3.63, 3.8) is 0 Å². The molecule has 0 N–H and O–H groups in total. The summed E-state index contributed by atoms with van der Waals surface area (Å²) < 4.78 is 0. The van der Waals surface area contributed by atoms with E-state index in [9.17, 15) is 4.79 Å². The molecule has 0 spiro atoms. The summed E-state index contributed by atoms with van der Waals surface area (Å²) in [6.07, 6.45) is 9.38. The van der Waals surface area contributed by atoms with Crippen LogP contribution in [0.1, 0.15) is 53.5 Å². The summed E-state index contributed by atoms with van der Waals surface area (Å²) in [5.41, 5.74) is 6.31. The fourth-order valence-corrected chi connectivity index (χ4v) is 3.67. The SMILES string of the molecule is Cc1cccc(C)c1/C=C/c1cccc(CCC(=O)N2CCCCC2)c1. The van der Waals surface area contributed by atoms with Gasteiger partial charge in [0.25, 0.3) is 0 Å². The molecule has 2 nitrogen and oxygen atoms in total. The molecule has 1 aliphatic rings. The van der Waals surface area contributed by atoms with Crippen molar-refractivity contribution in [2.45, 2.75) is 46.0 Å². The number of benzene rings is 2. The molecule has 2 aromatic carbocycles. The summed E-state index contributed by atoms with van der Waals surface area (Å²) in [6, 6.07) is 14.9. The number of amides is 1. The molecule has 3 rings (SSSR count). The Morgan fingerprint density at radius 1 is 0.962 bits per heavy atom. The van der Waals surface area contributed by atoms with Gasteiger partial charge in [0.1, 0.15) is 0 Å². The molecule has 1 aliphatic heterocycles. The zero-order valence-corrected chi connectivity index (χ0v) is 16.0. The first kappa shape index (κ1) is 18.4. The Morgan fingerprint density at radius 3 is 2.38 bits per heavy atom.